The second-order valence-electron chi connectivity index (χ2n) is 7.16. The van der Waals surface area contributed by atoms with Gasteiger partial charge >= 0.3 is 5.69 Å². The number of anilines is 2. The first-order valence-electron chi connectivity index (χ1n) is 9.56. The van der Waals surface area contributed by atoms with Crippen LogP contribution in [0.4, 0.5) is 11.5 Å². The fraction of sp³-hybridized carbons (Fsp3) is 0.200. The van der Waals surface area contributed by atoms with Gasteiger partial charge in [-0.3, -0.25) is 9.98 Å². The number of benzene rings is 1. The zero-order valence-electron chi connectivity index (χ0n) is 16.4. The van der Waals surface area contributed by atoms with Crippen LogP contribution in [-0.2, 0) is 0 Å². The fourth-order valence-electron chi connectivity index (χ4n) is 3.15. The monoisotopic (exact) mass is 439 g/mol. The Balaban J connectivity index is 1.64. The average Bonchev–Trinajstić information content (AvgIpc) is 3.37. The van der Waals surface area contributed by atoms with Gasteiger partial charge in [-0.25, -0.2) is 9.78 Å². The van der Waals surface area contributed by atoms with Crippen LogP contribution in [0.15, 0.2) is 40.2 Å². The third-order valence-corrected chi connectivity index (χ3v) is 5.10. The molecule has 31 heavy (non-hydrogen) atoms. The highest BCUT2D eigenvalue weighted by molar-refractivity contribution is 6.32. The van der Waals surface area contributed by atoms with Gasteiger partial charge in [-0.1, -0.05) is 11.6 Å². The van der Waals surface area contributed by atoms with Crippen LogP contribution >= 0.6 is 11.6 Å². The highest BCUT2D eigenvalue weighted by atomic mass is 35.5. The van der Waals surface area contributed by atoms with E-state index < -0.39 is 5.69 Å². The van der Waals surface area contributed by atoms with Crippen molar-refractivity contribution in [3.63, 3.8) is 0 Å². The number of hydrogen-bond donors (Lipinski definition) is 4. The lowest BCUT2D eigenvalue weighted by Gasteiger charge is -2.09. The maximum absolute atomic E-state index is 11.4. The maximum atomic E-state index is 11.4. The van der Waals surface area contributed by atoms with Crippen LogP contribution in [-0.4, -0.2) is 42.8 Å². The lowest BCUT2D eigenvalue weighted by molar-refractivity contribution is 0.415. The number of H-pyrrole nitrogens is 2. The third kappa shape index (κ3) is 3.84. The Labute approximate surface area is 179 Å². The van der Waals surface area contributed by atoms with E-state index >= 15 is 0 Å². The molecule has 0 unspecified atom stereocenters. The Kier molecular flexibility index (Phi) is 4.63. The number of halogens is 1. The largest absolute Gasteiger partial charge is 0.495 e. The zero-order valence-corrected chi connectivity index (χ0v) is 17.1. The smallest absolute Gasteiger partial charge is 0.326 e. The lowest BCUT2D eigenvalue weighted by atomic mass is 10.3. The maximum Gasteiger partial charge on any atom is 0.326 e. The Hall–Kier alpha value is -3.79. The molecule has 0 radical (unpaired) electrons. The van der Waals surface area contributed by atoms with Crippen molar-refractivity contribution in [2.75, 3.05) is 12.4 Å². The number of fused-ring (bicyclic) bond motifs is 1. The molecule has 0 saturated heterocycles. The molecule has 3 heterocycles. The average molecular weight is 440 g/mol. The standard InChI is InChI=1S/C20H18ClN7O3/c1-31-15-5-4-12(7-13(15)21)23-16-8-17(24-11-2-3-11)28-18(26-16)10(9-22-28)6-14-19(29)27-20(30)25-14/h4-9,11,23,29H,2-3H2,1H3,(H2,25,27,30). The molecule has 1 fully saturated rings. The molecule has 11 heteroatoms. The number of rotatable bonds is 5. The first kappa shape index (κ1) is 19.2. The number of imidazole rings is 1. The number of nitrogens with one attached hydrogen (secondary N) is 3. The molecule has 1 aliphatic rings. The Bertz CT molecular complexity index is 1470. The minimum atomic E-state index is -0.503. The molecular weight excluding hydrogens is 422 g/mol. The molecule has 1 aliphatic carbocycles. The van der Waals surface area contributed by atoms with E-state index in [0.29, 0.717) is 32.9 Å². The van der Waals surface area contributed by atoms with Crippen LogP contribution in [0, 0.1) is 0 Å². The Morgan fingerprint density at radius 1 is 1.35 bits per heavy atom. The van der Waals surface area contributed by atoms with Gasteiger partial charge in [0.15, 0.2) is 11.1 Å². The summed E-state index contributed by atoms with van der Waals surface area (Å²) >= 11 is 6.24. The molecule has 5 rings (SSSR count). The summed E-state index contributed by atoms with van der Waals surface area (Å²) in [6, 6.07) is 7.43. The van der Waals surface area contributed by atoms with E-state index in [9.17, 15) is 9.90 Å². The summed E-state index contributed by atoms with van der Waals surface area (Å²) in [5.41, 5.74) is 1.64. The number of aromatic hydroxyl groups is 1. The van der Waals surface area contributed by atoms with Crippen molar-refractivity contribution in [3.8, 4) is 11.6 Å². The Morgan fingerprint density at radius 2 is 2.19 bits per heavy atom. The fourth-order valence-corrected chi connectivity index (χ4v) is 3.41. The second kappa shape index (κ2) is 7.47. The van der Waals surface area contributed by atoms with Gasteiger partial charge in [0.1, 0.15) is 17.3 Å². The molecule has 0 aliphatic heterocycles. The van der Waals surface area contributed by atoms with E-state index in [1.807, 2.05) is 12.1 Å². The van der Waals surface area contributed by atoms with E-state index in [4.69, 9.17) is 21.3 Å². The van der Waals surface area contributed by atoms with E-state index in [0.717, 1.165) is 18.5 Å². The molecule has 0 amide bonds. The number of nitrogens with zero attached hydrogens (tertiary/aromatic N) is 4. The predicted octanol–water partition coefficient (Wildman–Crippen LogP) is 1.47. The van der Waals surface area contributed by atoms with Crippen molar-refractivity contribution < 1.29 is 9.84 Å². The predicted molar refractivity (Wildman–Crippen MR) is 115 cm³/mol. The van der Waals surface area contributed by atoms with Gasteiger partial charge in [0, 0.05) is 17.0 Å². The molecular formula is C20H18ClN7O3. The van der Waals surface area contributed by atoms with Crippen LogP contribution in [0.2, 0.25) is 5.02 Å². The molecule has 1 aromatic carbocycles. The summed E-state index contributed by atoms with van der Waals surface area (Å²) in [7, 11) is 1.56. The van der Waals surface area contributed by atoms with Crippen LogP contribution in [0.3, 0.4) is 0 Å². The number of ether oxygens (including phenoxy) is 1. The summed E-state index contributed by atoms with van der Waals surface area (Å²) in [6.45, 7) is 0. The minimum absolute atomic E-state index is 0.239. The lowest BCUT2D eigenvalue weighted by Crippen LogP contribution is -2.19. The van der Waals surface area contributed by atoms with Crippen molar-refractivity contribution in [1.82, 2.24) is 24.6 Å². The molecule has 4 aromatic rings. The highest BCUT2D eigenvalue weighted by Crippen LogP contribution is 2.28. The van der Waals surface area contributed by atoms with Crippen LogP contribution in [0.25, 0.3) is 11.7 Å². The molecule has 10 nitrogen and oxygen atoms in total. The van der Waals surface area contributed by atoms with Gasteiger partial charge in [0.2, 0.25) is 5.88 Å². The summed E-state index contributed by atoms with van der Waals surface area (Å²) in [4.78, 5) is 25.7. The molecule has 0 bridgehead atoms. The molecule has 0 spiro atoms. The summed E-state index contributed by atoms with van der Waals surface area (Å²) < 4.78 is 6.83. The van der Waals surface area contributed by atoms with Crippen LogP contribution in [0.1, 0.15) is 18.5 Å². The van der Waals surface area contributed by atoms with Crippen LogP contribution in [0.5, 0.6) is 11.6 Å². The highest BCUT2D eigenvalue weighted by Gasteiger charge is 2.20. The molecule has 0 atom stereocenters. The van der Waals surface area contributed by atoms with Crippen LogP contribution < -0.4 is 26.4 Å². The van der Waals surface area contributed by atoms with E-state index in [-0.39, 0.29) is 17.6 Å². The van der Waals surface area contributed by atoms with Crippen molar-refractivity contribution >= 4 is 34.8 Å². The van der Waals surface area contributed by atoms with Crippen molar-refractivity contribution in [2.45, 2.75) is 18.9 Å². The van der Waals surface area contributed by atoms with Crippen molar-refractivity contribution in [1.29, 1.82) is 0 Å². The quantitative estimate of drug-likeness (QED) is 0.372. The molecule has 158 valence electrons. The van der Waals surface area contributed by atoms with Gasteiger partial charge in [-0.05, 0) is 37.1 Å². The molecule has 3 aromatic heterocycles. The van der Waals surface area contributed by atoms with Gasteiger partial charge < -0.3 is 20.1 Å². The Morgan fingerprint density at radius 3 is 2.87 bits per heavy atom. The summed E-state index contributed by atoms with van der Waals surface area (Å²) in [6.07, 6.45) is 5.28. The van der Waals surface area contributed by atoms with Gasteiger partial charge in [0.25, 0.3) is 0 Å². The third-order valence-electron chi connectivity index (χ3n) is 4.80. The SMILES string of the molecule is COc1ccc(Nc2cc(=NC3CC3)n3ncc(=Cc4[nH]c(=O)[nH]c4O)c3n2)cc1Cl. The first-order valence-corrected chi connectivity index (χ1v) is 9.94. The van der Waals surface area contributed by atoms with E-state index in [1.165, 1.54) is 0 Å². The van der Waals surface area contributed by atoms with Gasteiger partial charge in [-0.2, -0.15) is 9.61 Å². The number of hydrogen-bond acceptors (Lipinski definition) is 7. The van der Waals surface area contributed by atoms with E-state index in [2.05, 4.69) is 25.4 Å². The summed E-state index contributed by atoms with van der Waals surface area (Å²) in [5.74, 6) is 0.873. The van der Waals surface area contributed by atoms with Crippen molar-refractivity contribution in [2.24, 2.45) is 4.99 Å². The number of methoxy groups -OCH3 is 1. The first-order chi connectivity index (χ1) is 15.0. The topological polar surface area (TPSA) is 133 Å². The zero-order chi connectivity index (χ0) is 21.5. The minimum Gasteiger partial charge on any atom is -0.495 e. The van der Waals surface area contributed by atoms with Gasteiger partial charge in [0.05, 0.1) is 24.4 Å². The normalized spacial score (nSPS) is 15.0. The van der Waals surface area contributed by atoms with Crippen molar-refractivity contribution in [3.05, 3.63) is 62.4 Å². The van der Waals surface area contributed by atoms with E-state index in [1.54, 1.807) is 36.0 Å². The molecule has 4 N–H and O–H groups in total. The molecule has 1 saturated carbocycles. The summed E-state index contributed by atoms with van der Waals surface area (Å²) in [5, 5.41) is 18.6. The number of aromatic nitrogens is 5. The number of aromatic amines is 2. The van der Waals surface area contributed by atoms with Gasteiger partial charge in [-0.15, -0.1) is 0 Å². The second-order valence-corrected chi connectivity index (χ2v) is 7.56.